The first-order valence-electron chi connectivity index (χ1n) is 13.9. The summed E-state index contributed by atoms with van der Waals surface area (Å²) in [5.74, 6) is 0.338. The van der Waals surface area contributed by atoms with Crippen molar-refractivity contribution in [3.8, 4) is 11.8 Å². The number of nitriles is 1. The van der Waals surface area contributed by atoms with E-state index in [1.54, 1.807) is 29.2 Å². The summed E-state index contributed by atoms with van der Waals surface area (Å²) in [6, 6.07) is 19.2. The van der Waals surface area contributed by atoms with E-state index in [0.29, 0.717) is 40.2 Å². The molecule has 0 bridgehead atoms. The number of rotatable bonds is 9. The zero-order valence-electron chi connectivity index (χ0n) is 24.2. The molecule has 1 atom stereocenters. The molecular formula is C32H32N6O3S2. The summed E-state index contributed by atoms with van der Waals surface area (Å²) in [6.07, 6.45) is 4.75. The van der Waals surface area contributed by atoms with Gasteiger partial charge < -0.3 is 15.8 Å². The van der Waals surface area contributed by atoms with Crippen molar-refractivity contribution in [2.75, 3.05) is 22.6 Å². The molecule has 1 aliphatic heterocycles. The lowest BCUT2D eigenvalue weighted by Crippen LogP contribution is -2.42. The molecule has 5 rings (SSSR count). The molecule has 2 aromatic carbocycles. The van der Waals surface area contributed by atoms with Crippen LogP contribution in [0.1, 0.15) is 39.2 Å². The highest BCUT2D eigenvalue weighted by Gasteiger charge is 2.44. The number of Topliss-reactive ketones (excluding diaryl/α,β-unsaturated/α-hetero) is 1. The zero-order valence-corrected chi connectivity index (χ0v) is 25.8. The molecule has 1 aromatic heterocycles. The Kier molecular flexibility index (Phi) is 8.99. The lowest BCUT2D eigenvalue weighted by atomic mass is 9.70. The van der Waals surface area contributed by atoms with Crippen LogP contribution in [0.15, 0.2) is 87.7 Å². The van der Waals surface area contributed by atoms with E-state index in [1.807, 2.05) is 63.3 Å². The number of thioether (sulfide) groups is 1. The summed E-state index contributed by atoms with van der Waals surface area (Å²) in [4.78, 5) is 27.9. The highest BCUT2D eigenvalue weighted by atomic mass is 32.2. The van der Waals surface area contributed by atoms with Gasteiger partial charge in [-0.2, -0.15) is 5.26 Å². The predicted molar refractivity (Wildman–Crippen MR) is 170 cm³/mol. The van der Waals surface area contributed by atoms with Crippen LogP contribution in [0, 0.1) is 22.7 Å². The summed E-state index contributed by atoms with van der Waals surface area (Å²) in [6.45, 7) is 6.58. The van der Waals surface area contributed by atoms with Gasteiger partial charge in [-0.25, -0.2) is 0 Å². The maximum absolute atomic E-state index is 13.6. The second kappa shape index (κ2) is 12.9. The second-order valence-electron chi connectivity index (χ2n) is 10.9. The average Bonchev–Trinajstić information content (AvgIpc) is 3.44. The summed E-state index contributed by atoms with van der Waals surface area (Å²) in [5, 5.41) is 22.2. The Bertz CT molecular complexity index is 1650. The Morgan fingerprint density at radius 2 is 1.95 bits per heavy atom. The molecule has 1 aliphatic carbocycles. The fraction of sp³-hybridized carbons (Fsp3) is 0.281. The van der Waals surface area contributed by atoms with Crippen LogP contribution in [-0.4, -0.2) is 34.2 Å². The van der Waals surface area contributed by atoms with E-state index in [0.717, 1.165) is 17.0 Å². The quantitative estimate of drug-likeness (QED) is 0.273. The average molecular weight is 613 g/mol. The summed E-state index contributed by atoms with van der Waals surface area (Å²) < 4.78 is 6.01. The second-order valence-corrected chi connectivity index (χ2v) is 13.1. The summed E-state index contributed by atoms with van der Waals surface area (Å²) >= 11 is 2.52. The van der Waals surface area contributed by atoms with Gasteiger partial charge in [-0.3, -0.25) is 14.5 Å². The van der Waals surface area contributed by atoms with Crippen LogP contribution in [-0.2, 0) is 9.59 Å². The monoisotopic (exact) mass is 612 g/mol. The molecular weight excluding hydrogens is 581 g/mol. The van der Waals surface area contributed by atoms with Crippen LogP contribution in [0.25, 0.3) is 6.08 Å². The Balaban J connectivity index is 1.38. The van der Waals surface area contributed by atoms with Crippen molar-refractivity contribution < 1.29 is 14.3 Å². The number of nitrogens with zero attached hydrogens (tertiary/aromatic N) is 4. The van der Waals surface area contributed by atoms with Gasteiger partial charge >= 0.3 is 0 Å². The SMILES string of the molecule is CCOc1ccc(NC(=O)CSc2nnc(N3C(N)=C(C#N)C(/C=C/c4ccccc4)C4=C3CC(C)(C)CC4=O)s2)cc1. The number of hydrogen-bond acceptors (Lipinski definition) is 10. The fourth-order valence-corrected chi connectivity index (χ4v) is 6.89. The molecule has 1 unspecified atom stereocenters. The number of aromatic nitrogens is 2. The smallest absolute Gasteiger partial charge is 0.234 e. The van der Waals surface area contributed by atoms with E-state index in [1.165, 1.54) is 23.1 Å². The molecule has 3 N–H and O–H groups in total. The normalized spacial score (nSPS) is 18.0. The van der Waals surface area contributed by atoms with Crippen molar-refractivity contribution >= 4 is 51.7 Å². The van der Waals surface area contributed by atoms with E-state index in [2.05, 4.69) is 21.6 Å². The molecule has 3 aromatic rings. The Labute approximate surface area is 259 Å². The largest absolute Gasteiger partial charge is 0.494 e. The van der Waals surface area contributed by atoms with E-state index in [4.69, 9.17) is 10.5 Å². The van der Waals surface area contributed by atoms with Crippen LogP contribution in [0.3, 0.4) is 0 Å². The Morgan fingerprint density at radius 3 is 2.65 bits per heavy atom. The van der Waals surface area contributed by atoms with Crippen LogP contribution < -0.4 is 20.7 Å². The van der Waals surface area contributed by atoms with Gasteiger partial charge in [-0.15, -0.1) is 10.2 Å². The first-order chi connectivity index (χ1) is 20.7. The lowest BCUT2D eigenvalue weighted by molar-refractivity contribution is -0.118. The zero-order chi connectivity index (χ0) is 30.6. The number of benzene rings is 2. The van der Waals surface area contributed by atoms with E-state index in [-0.39, 0.29) is 34.3 Å². The third-order valence-electron chi connectivity index (χ3n) is 7.07. The molecule has 220 valence electrons. The number of ketones is 1. The van der Waals surface area contributed by atoms with Crippen LogP contribution in [0.4, 0.5) is 10.8 Å². The van der Waals surface area contributed by atoms with Crippen molar-refractivity contribution in [2.24, 2.45) is 17.1 Å². The highest BCUT2D eigenvalue weighted by molar-refractivity contribution is 8.01. The van der Waals surface area contributed by atoms with E-state index in [9.17, 15) is 14.9 Å². The van der Waals surface area contributed by atoms with E-state index >= 15 is 0 Å². The predicted octanol–water partition coefficient (Wildman–Crippen LogP) is 6.15. The third-order valence-corrected chi connectivity index (χ3v) is 9.11. The highest BCUT2D eigenvalue weighted by Crippen LogP contribution is 2.48. The first kappa shape index (κ1) is 30.1. The third kappa shape index (κ3) is 6.82. The number of allylic oxidation sites excluding steroid dienone is 4. The molecule has 0 fully saturated rings. The van der Waals surface area contributed by atoms with Gasteiger partial charge in [-0.1, -0.05) is 79.4 Å². The molecule has 0 saturated heterocycles. The molecule has 9 nitrogen and oxygen atoms in total. The van der Waals surface area contributed by atoms with Gasteiger partial charge in [0.25, 0.3) is 0 Å². The molecule has 1 amide bonds. The van der Waals surface area contributed by atoms with Crippen LogP contribution in [0.5, 0.6) is 5.75 Å². The van der Waals surface area contributed by atoms with Gasteiger partial charge in [-0.05, 0) is 48.6 Å². The molecule has 0 saturated carbocycles. The molecule has 0 radical (unpaired) electrons. The lowest BCUT2D eigenvalue weighted by Gasteiger charge is -2.41. The van der Waals surface area contributed by atoms with Gasteiger partial charge in [0.2, 0.25) is 11.0 Å². The van der Waals surface area contributed by atoms with E-state index < -0.39 is 5.92 Å². The number of anilines is 2. The maximum Gasteiger partial charge on any atom is 0.234 e. The van der Waals surface area contributed by atoms with Crippen molar-refractivity contribution in [3.63, 3.8) is 0 Å². The molecule has 2 heterocycles. The van der Waals surface area contributed by atoms with Crippen molar-refractivity contribution in [1.29, 1.82) is 5.26 Å². The standard InChI is InChI=1S/C32H32N6O3S2/c1-4-41-22-13-11-21(12-14-22)35-27(40)19-42-31-37-36-30(43-31)38-25-16-32(2,3)17-26(39)28(25)23(24(18-33)29(38)34)15-10-20-8-6-5-7-9-20/h5-15,23H,4,16-17,19,34H2,1-3H3,(H,35,40)/b15-10+. The number of hydrogen-bond donors (Lipinski definition) is 2. The van der Waals surface area contributed by atoms with Gasteiger partial charge in [0.15, 0.2) is 10.1 Å². The number of nitrogens with two attached hydrogens (primary N) is 1. The maximum atomic E-state index is 13.6. The summed E-state index contributed by atoms with van der Waals surface area (Å²) in [5.41, 5.74) is 9.60. The number of nitrogens with one attached hydrogen (secondary N) is 1. The summed E-state index contributed by atoms with van der Waals surface area (Å²) in [7, 11) is 0. The molecule has 43 heavy (non-hydrogen) atoms. The van der Waals surface area contributed by atoms with Crippen molar-refractivity contribution in [3.05, 3.63) is 88.9 Å². The minimum Gasteiger partial charge on any atom is -0.494 e. The number of amides is 1. The van der Waals surface area contributed by atoms with Crippen LogP contribution in [0.2, 0.25) is 0 Å². The molecule has 11 heteroatoms. The number of carbonyl (C=O) groups is 2. The number of ether oxygens (including phenoxy) is 1. The fourth-order valence-electron chi connectivity index (χ4n) is 5.21. The minimum absolute atomic E-state index is 0.00992. The van der Waals surface area contributed by atoms with Gasteiger partial charge in [0.1, 0.15) is 11.6 Å². The minimum atomic E-state index is -0.562. The van der Waals surface area contributed by atoms with Crippen molar-refractivity contribution in [2.45, 2.75) is 38.0 Å². The molecule has 2 aliphatic rings. The Morgan fingerprint density at radius 1 is 1.21 bits per heavy atom. The first-order valence-corrected chi connectivity index (χ1v) is 15.7. The molecule has 0 spiro atoms. The van der Waals surface area contributed by atoms with Gasteiger partial charge in [0, 0.05) is 29.3 Å². The van der Waals surface area contributed by atoms with Gasteiger partial charge in [0.05, 0.1) is 24.0 Å². The Hall–Kier alpha value is -4.40. The topological polar surface area (TPSA) is 134 Å². The number of carbonyl (C=O) groups excluding carboxylic acids is 2. The van der Waals surface area contributed by atoms with Crippen LogP contribution >= 0.6 is 23.1 Å². The van der Waals surface area contributed by atoms with Crippen molar-refractivity contribution in [1.82, 2.24) is 10.2 Å².